The van der Waals surface area contributed by atoms with Crippen LogP contribution in [-0.4, -0.2) is 29.9 Å². The summed E-state index contributed by atoms with van der Waals surface area (Å²) in [5.74, 6) is 0. The minimum atomic E-state index is -0.117. The van der Waals surface area contributed by atoms with E-state index in [4.69, 9.17) is 5.73 Å². The second kappa shape index (κ2) is 4.23. The van der Waals surface area contributed by atoms with Crippen LogP contribution in [0.15, 0.2) is 17.1 Å². The number of anilines is 1. The molecule has 0 aromatic carbocycles. The highest BCUT2D eigenvalue weighted by atomic mass is 16.1. The van der Waals surface area contributed by atoms with E-state index in [1.54, 1.807) is 12.3 Å². The summed E-state index contributed by atoms with van der Waals surface area (Å²) in [4.78, 5) is 13.3. The molecule has 0 bridgehead atoms. The molecular weight excluding hydrogens is 180 g/mol. The van der Waals surface area contributed by atoms with Crippen LogP contribution in [0.5, 0.6) is 0 Å². The van der Waals surface area contributed by atoms with Crippen molar-refractivity contribution >= 4 is 5.69 Å². The first-order chi connectivity index (χ1) is 6.50. The summed E-state index contributed by atoms with van der Waals surface area (Å²) in [5.41, 5.74) is 6.27. The molecular formula is C9H16N4O. The van der Waals surface area contributed by atoms with Crippen LogP contribution in [0.1, 0.15) is 6.92 Å². The van der Waals surface area contributed by atoms with Gasteiger partial charge in [-0.2, -0.15) is 5.10 Å². The molecule has 0 unspecified atom stereocenters. The van der Waals surface area contributed by atoms with Gasteiger partial charge < -0.3 is 10.6 Å². The van der Waals surface area contributed by atoms with E-state index in [0.717, 1.165) is 5.69 Å². The zero-order chi connectivity index (χ0) is 10.7. The van der Waals surface area contributed by atoms with Crippen LogP contribution >= 0.6 is 0 Å². The number of rotatable bonds is 3. The monoisotopic (exact) mass is 196 g/mol. The Morgan fingerprint density at radius 1 is 1.64 bits per heavy atom. The van der Waals surface area contributed by atoms with Crippen LogP contribution in [0, 0.1) is 0 Å². The molecule has 14 heavy (non-hydrogen) atoms. The van der Waals surface area contributed by atoms with Gasteiger partial charge in [-0.15, -0.1) is 0 Å². The Morgan fingerprint density at radius 2 is 2.29 bits per heavy atom. The Bertz CT molecular complexity index is 356. The molecule has 1 aromatic heterocycles. The molecule has 78 valence electrons. The van der Waals surface area contributed by atoms with Gasteiger partial charge in [-0.25, -0.2) is 4.68 Å². The van der Waals surface area contributed by atoms with E-state index >= 15 is 0 Å². The lowest BCUT2D eigenvalue weighted by molar-refractivity contribution is 0.513. The predicted molar refractivity (Wildman–Crippen MR) is 56.5 cm³/mol. The van der Waals surface area contributed by atoms with Gasteiger partial charge in [0.1, 0.15) is 0 Å². The first-order valence-corrected chi connectivity index (χ1v) is 4.51. The van der Waals surface area contributed by atoms with Crippen LogP contribution in [0.2, 0.25) is 0 Å². The lowest BCUT2D eigenvalue weighted by Crippen LogP contribution is -2.31. The van der Waals surface area contributed by atoms with E-state index in [0.29, 0.717) is 6.54 Å². The van der Waals surface area contributed by atoms with Crippen molar-refractivity contribution in [3.05, 3.63) is 22.6 Å². The Kier molecular flexibility index (Phi) is 3.24. The summed E-state index contributed by atoms with van der Waals surface area (Å²) in [7, 11) is 3.73. The Labute approximate surface area is 83.1 Å². The molecule has 0 saturated heterocycles. The number of nitrogens with zero attached hydrogens (tertiary/aromatic N) is 3. The van der Waals surface area contributed by atoms with Crippen LogP contribution in [0.4, 0.5) is 5.69 Å². The minimum Gasteiger partial charge on any atom is -0.376 e. The molecule has 0 aliphatic rings. The van der Waals surface area contributed by atoms with Crippen molar-refractivity contribution in [2.24, 2.45) is 5.73 Å². The molecule has 1 rings (SSSR count). The summed E-state index contributed by atoms with van der Waals surface area (Å²) in [6.45, 7) is 2.29. The molecule has 0 fully saturated rings. The molecule has 0 saturated carbocycles. The highest BCUT2D eigenvalue weighted by molar-refractivity contribution is 5.40. The third-order valence-corrected chi connectivity index (χ3v) is 1.83. The topological polar surface area (TPSA) is 64.2 Å². The summed E-state index contributed by atoms with van der Waals surface area (Å²) >= 11 is 0. The normalized spacial score (nSPS) is 12.6. The Morgan fingerprint density at radius 3 is 2.71 bits per heavy atom. The van der Waals surface area contributed by atoms with Gasteiger partial charge in [0, 0.05) is 26.2 Å². The average Bonchev–Trinajstić information content (AvgIpc) is 2.07. The lowest BCUT2D eigenvalue weighted by Gasteiger charge is -2.13. The first kappa shape index (κ1) is 10.7. The van der Waals surface area contributed by atoms with E-state index in [1.807, 2.05) is 25.9 Å². The maximum atomic E-state index is 11.5. The van der Waals surface area contributed by atoms with Crippen molar-refractivity contribution in [2.75, 3.05) is 19.0 Å². The van der Waals surface area contributed by atoms with Crippen molar-refractivity contribution < 1.29 is 0 Å². The van der Waals surface area contributed by atoms with Crippen LogP contribution in [-0.2, 0) is 6.54 Å². The van der Waals surface area contributed by atoms with Crippen LogP contribution in [0.25, 0.3) is 0 Å². The predicted octanol–water partition coefficient (Wildman–Crippen LogP) is -0.343. The van der Waals surface area contributed by atoms with E-state index in [9.17, 15) is 4.79 Å². The molecule has 5 heteroatoms. The van der Waals surface area contributed by atoms with Gasteiger partial charge in [-0.05, 0) is 6.92 Å². The summed E-state index contributed by atoms with van der Waals surface area (Å²) in [6.07, 6.45) is 1.66. The molecule has 2 N–H and O–H groups in total. The fraction of sp³-hybridized carbons (Fsp3) is 0.556. The van der Waals surface area contributed by atoms with Crippen molar-refractivity contribution in [3.63, 3.8) is 0 Å². The molecule has 1 heterocycles. The molecule has 1 aromatic rings. The summed E-state index contributed by atoms with van der Waals surface area (Å²) in [6, 6.07) is 1.49. The highest BCUT2D eigenvalue weighted by Crippen LogP contribution is 2.03. The number of hydrogen-bond donors (Lipinski definition) is 1. The third kappa shape index (κ3) is 2.56. The molecule has 0 amide bonds. The van der Waals surface area contributed by atoms with E-state index in [-0.39, 0.29) is 11.6 Å². The van der Waals surface area contributed by atoms with Crippen LogP contribution in [0.3, 0.4) is 0 Å². The van der Waals surface area contributed by atoms with Gasteiger partial charge in [0.15, 0.2) is 0 Å². The van der Waals surface area contributed by atoms with Gasteiger partial charge in [-0.1, -0.05) is 0 Å². The van der Waals surface area contributed by atoms with Crippen molar-refractivity contribution in [1.82, 2.24) is 9.78 Å². The molecule has 0 spiro atoms. The molecule has 0 aliphatic carbocycles. The van der Waals surface area contributed by atoms with Gasteiger partial charge in [0.25, 0.3) is 5.56 Å². The lowest BCUT2D eigenvalue weighted by atomic mass is 10.3. The molecule has 0 radical (unpaired) electrons. The van der Waals surface area contributed by atoms with Crippen molar-refractivity contribution in [3.8, 4) is 0 Å². The zero-order valence-corrected chi connectivity index (χ0v) is 8.77. The summed E-state index contributed by atoms with van der Waals surface area (Å²) < 4.78 is 1.37. The maximum Gasteiger partial charge on any atom is 0.268 e. The van der Waals surface area contributed by atoms with E-state index in [1.165, 1.54) is 4.68 Å². The highest BCUT2D eigenvalue weighted by Gasteiger charge is 2.03. The number of aromatic nitrogens is 2. The standard InChI is InChI=1S/C9H16N4O/c1-7(10)6-13-9(14)4-8(5-11-13)12(2)3/h4-5,7H,6,10H2,1-3H3/t7-/m0/s1. The molecule has 0 aliphatic heterocycles. The maximum absolute atomic E-state index is 11.5. The fourth-order valence-electron chi connectivity index (χ4n) is 1.08. The average molecular weight is 196 g/mol. The minimum absolute atomic E-state index is 0.0644. The Hall–Kier alpha value is -1.36. The van der Waals surface area contributed by atoms with Crippen molar-refractivity contribution in [1.29, 1.82) is 0 Å². The fourth-order valence-corrected chi connectivity index (χ4v) is 1.08. The quantitative estimate of drug-likeness (QED) is 0.718. The second-order valence-electron chi connectivity index (χ2n) is 3.61. The number of nitrogens with two attached hydrogens (primary N) is 1. The van der Waals surface area contributed by atoms with Gasteiger partial charge in [0.2, 0.25) is 0 Å². The van der Waals surface area contributed by atoms with E-state index in [2.05, 4.69) is 5.10 Å². The van der Waals surface area contributed by atoms with Gasteiger partial charge in [-0.3, -0.25) is 4.79 Å². The van der Waals surface area contributed by atoms with Gasteiger partial charge in [0.05, 0.1) is 18.4 Å². The van der Waals surface area contributed by atoms with E-state index < -0.39 is 0 Å². The third-order valence-electron chi connectivity index (χ3n) is 1.83. The summed E-state index contributed by atoms with van der Waals surface area (Å²) in [5, 5.41) is 4.02. The van der Waals surface area contributed by atoms with Crippen molar-refractivity contribution in [2.45, 2.75) is 19.5 Å². The molecule has 1 atom stereocenters. The molecule has 5 nitrogen and oxygen atoms in total. The zero-order valence-electron chi connectivity index (χ0n) is 8.77. The van der Waals surface area contributed by atoms with Gasteiger partial charge >= 0.3 is 0 Å². The first-order valence-electron chi connectivity index (χ1n) is 4.51. The largest absolute Gasteiger partial charge is 0.376 e. The smallest absolute Gasteiger partial charge is 0.268 e. The SMILES string of the molecule is C[C@H](N)Cn1ncc(N(C)C)cc1=O. The van der Waals surface area contributed by atoms with Crippen LogP contribution < -0.4 is 16.2 Å². The Balaban J connectivity index is 2.96. The second-order valence-corrected chi connectivity index (χ2v) is 3.61. The number of hydrogen-bond acceptors (Lipinski definition) is 4.